The van der Waals surface area contributed by atoms with Gasteiger partial charge in [-0.15, -0.1) is 0 Å². The van der Waals surface area contributed by atoms with Crippen molar-refractivity contribution in [2.24, 2.45) is 22.9 Å². The van der Waals surface area contributed by atoms with Gasteiger partial charge >= 0.3 is 0 Å². The summed E-state index contributed by atoms with van der Waals surface area (Å²) in [6, 6.07) is -2.05. The second-order valence-corrected chi connectivity index (χ2v) is 9.66. The molecule has 10 nitrogen and oxygen atoms in total. The monoisotopic (exact) mass is 476 g/mol. The Bertz CT molecular complexity index is 533. The van der Waals surface area contributed by atoms with Gasteiger partial charge in [0.1, 0.15) is 30.5 Å². The van der Waals surface area contributed by atoms with E-state index >= 15 is 0 Å². The number of hydrogen-bond donors (Lipinski definition) is 7. The van der Waals surface area contributed by atoms with Crippen molar-refractivity contribution in [1.82, 2.24) is 0 Å². The van der Waals surface area contributed by atoms with Crippen LogP contribution in [0.3, 0.4) is 0 Å². The van der Waals surface area contributed by atoms with Crippen LogP contribution in [0.25, 0.3) is 0 Å². The van der Waals surface area contributed by atoms with E-state index in [0.29, 0.717) is 6.61 Å². The van der Waals surface area contributed by atoms with Crippen LogP contribution >= 0.6 is 0 Å². The fourth-order valence-corrected chi connectivity index (χ4v) is 4.72. The molecule has 0 radical (unpaired) electrons. The molecule has 0 bridgehead atoms. The van der Waals surface area contributed by atoms with E-state index in [1.54, 1.807) is 0 Å². The van der Waals surface area contributed by atoms with Crippen LogP contribution in [-0.4, -0.2) is 89.5 Å². The third-order valence-corrected chi connectivity index (χ3v) is 6.89. The molecule has 0 aromatic rings. The van der Waals surface area contributed by atoms with Crippen LogP contribution in [0, 0.1) is 0 Å². The molecule has 2 fully saturated rings. The van der Waals surface area contributed by atoms with Crippen LogP contribution in [0.2, 0.25) is 0 Å². The number of ether oxygens (including phenoxy) is 3. The average molecular weight is 477 g/mol. The maximum absolute atomic E-state index is 10.7. The first-order valence-electron chi connectivity index (χ1n) is 12.7. The quantitative estimate of drug-likeness (QED) is 0.160. The predicted octanol–water partition coefficient (Wildman–Crippen LogP) is -0.560. The van der Waals surface area contributed by atoms with E-state index in [0.717, 1.165) is 19.3 Å². The predicted molar refractivity (Wildman–Crippen MR) is 126 cm³/mol. The second-order valence-electron chi connectivity index (χ2n) is 9.66. The molecule has 0 amide bonds. The molecule has 0 unspecified atom stereocenters. The average Bonchev–Trinajstić information content (AvgIpc) is 2.79. The lowest BCUT2D eigenvalue weighted by molar-refractivity contribution is -0.292. The van der Waals surface area contributed by atoms with Gasteiger partial charge in [0.15, 0.2) is 6.29 Å². The molecule has 0 aromatic heterocycles. The van der Waals surface area contributed by atoms with E-state index < -0.39 is 61.0 Å². The lowest BCUT2D eigenvalue weighted by Crippen LogP contribution is -2.67. The van der Waals surface area contributed by atoms with Crippen molar-refractivity contribution in [3.8, 4) is 0 Å². The first kappa shape index (κ1) is 28.8. The molecule has 1 saturated heterocycles. The highest BCUT2D eigenvalue weighted by Crippen LogP contribution is 2.28. The Morgan fingerprint density at radius 3 is 2.00 bits per heavy atom. The van der Waals surface area contributed by atoms with Crippen LogP contribution in [0.5, 0.6) is 0 Å². The van der Waals surface area contributed by atoms with Crippen molar-refractivity contribution >= 4 is 0 Å². The van der Waals surface area contributed by atoms with Crippen molar-refractivity contribution in [3.63, 3.8) is 0 Å². The van der Waals surface area contributed by atoms with E-state index in [-0.39, 0.29) is 13.0 Å². The molecule has 1 heterocycles. The van der Waals surface area contributed by atoms with Gasteiger partial charge in [-0.25, -0.2) is 0 Å². The van der Waals surface area contributed by atoms with Gasteiger partial charge in [0.25, 0.3) is 0 Å². The number of aliphatic hydroxyl groups is 3. The maximum Gasteiger partial charge on any atom is 0.176 e. The zero-order valence-electron chi connectivity index (χ0n) is 20.1. The van der Waals surface area contributed by atoms with Crippen molar-refractivity contribution < 1.29 is 29.5 Å². The van der Waals surface area contributed by atoms with Crippen LogP contribution in [-0.2, 0) is 14.2 Å². The molecule has 10 atom stereocenters. The molecule has 11 N–H and O–H groups in total. The summed E-state index contributed by atoms with van der Waals surface area (Å²) in [5.41, 5.74) is 24.0. The molecule has 1 aliphatic carbocycles. The third kappa shape index (κ3) is 8.34. The van der Waals surface area contributed by atoms with Crippen molar-refractivity contribution in [1.29, 1.82) is 0 Å². The van der Waals surface area contributed by atoms with Crippen molar-refractivity contribution in [3.05, 3.63) is 0 Å². The summed E-state index contributed by atoms with van der Waals surface area (Å²) in [7, 11) is 0. The Morgan fingerprint density at radius 1 is 0.788 bits per heavy atom. The first-order valence-corrected chi connectivity index (χ1v) is 12.7. The van der Waals surface area contributed by atoms with E-state index in [1.165, 1.54) is 38.5 Å². The summed E-state index contributed by atoms with van der Waals surface area (Å²) in [6.45, 7) is 2.74. The van der Waals surface area contributed by atoms with E-state index in [9.17, 15) is 15.3 Å². The van der Waals surface area contributed by atoms with Gasteiger partial charge in [-0.3, -0.25) is 0 Å². The Balaban J connectivity index is 1.82. The summed E-state index contributed by atoms with van der Waals surface area (Å²) in [6.07, 6.45) is 4.29. The highest BCUT2D eigenvalue weighted by molar-refractivity contribution is 4.99. The van der Waals surface area contributed by atoms with Gasteiger partial charge in [0.2, 0.25) is 0 Å². The van der Waals surface area contributed by atoms with Crippen LogP contribution in [0.15, 0.2) is 0 Å². The lowest BCUT2D eigenvalue weighted by Gasteiger charge is -2.46. The van der Waals surface area contributed by atoms with Gasteiger partial charge in [-0.05, 0) is 12.8 Å². The van der Waals surface area contributed by atoms with E-state index in [1.807, 2.05) is 0 Å². The first-order chi connectivity index (χ1) is 15.8. The molecule has 1 aliphatic heterocycles. The van der Waals surface area contributed by atoms with Crippen molar-refractivity contribution in [2.45, 2.75) is 132 Å². The molecule has 2 rings (SSSR count). The highest BCUT2D eigenvalue weighted by atomic mass is 16.7. The summed E-state index contributed by atoms with van der Waals surface area (Å²) in [5, 5.41) is 31.2. The number of rotatable bonds is 14. The molecule has 33 heavy (non-hydrogen) atoms. The molecule has 196 valence electrons. The van der Waals surface area contributed by atoms with Crippen molar-refractivity contribution in [2.75, 3.05) is 13.2 Å². The highest BCUT2D eigenvalue weighted by Gasteiger charge is 2.48. The van der Waals surface area contributed by atoms with Gasteiger partial charge < -0.3 is 52.5 Å². The topological polar surface area (TPSA) is 192 Å². The fourth-order valence-electron chi connectivity index (χ4n) is 4.72. The number of hydrogen-bond acceptors (Lipinski definition) is 10. The molecule has 0 spiro atoms. The van der Waals surface area contributed by atoms with Gasteiger partial charge in [0.05, 0.1) is 12.1 Å². The summed E-state index contributed by atoms with van der Waals surface area (Å²) < 4.78 is 17.6. The smallest absolute Gasteiger partial charge is 0.176 e. The van der Waals surface area contributed by atoms with Gasteiger partial charge in [0, 0.05) is 25.2 Å². The van der Waals surface area contributed by atoms with Crippen LogP contribution < -0.4 is 22.9 Å². The third-order valence-electron chi connectivity index (χ3n) is 6.89. The maximum atomic E-state index is 10.7. The number of nitrogens with two attached hydrogens (primary N) is 4. The second kappa shape index (κ2) is 14.9. The Kier molecular flexibility index (Phi) is 13.0. The minimum atomic E-state index is -1.27. The molecule has 0 aromatic carbocycles. The van der Waals surface area contributed by atoms with E-state index in [2.05, 4.69) is 6.92 Å². The lowest BCUT2D eigenvalue weighted by atomic mass is 9.84. The van der Waals surface area contributed by atoms with Gasteiger partial charge in [-0.2, -0.15) is 0 Å². The molecular formula is C23H48N4O6. The normalized spacial score (nSPS) is 39.6. The number of aliphatic hydroxyl groups excluding tert-OH is 3. The standard InChI is InChI=1S/C23H48N4O6/c1-2-3-4-5-6-7-8-9-10-11-31-22-17(27)23(32-16(13-24)19(22)29)33-21-15(26)12-14(25)18(28)20(21)30/h14-23,28-30H,2-13,24-27H2,1H3/t14-,15+,16-,17-,18+,19-,20-,21-,22-,23-/m1/s1. The number of unbranched alkanes of at least 4 members (excludes halogenated alkanes) is 8. The Morgan fingerprint density at radius 2 is 1.39 bits per heavy atom. The molecule has 10 heteroatoms. The van der Waals surface area contributed by atoms with Crippen LogP contribution in [0.4, 0.5) is 0 Å². The minimum Gasteiger partial charge on any atom is -0.389 e. The van der Waals surface area contributed by atoms with Crippen LogP contribution in [0.1, 0.15) is 71.1 Å². The summed E-state index contributed by atoms with van der Waals surface area (Å²) in [5.74, 6) is 0. The van der Waals surface area contributed by atoms with Gasteiger partial charge in [-0.1, -0.05) is 58.3 Å². The summed E-state index contributed by atoms with van der Waals surface area (Å²) in [4.78, 5) is 0. The zero-order chi connectivity index (χ0) is 24.4. The van der Waals surface area contributed by atoms with E-state index in [4.69, 9.17) is 37.1 Å². The zero-order valence-corrected chi connectivity index (χ0v) is 20.1. The summed E-state index contributed by atoms with van der Waals surface area (Å²) >= 11 is 0. The molecule has 2 aliphatic rings. The largest absolute Gasteiger partial charge is 0.389 e. The minimum absolute atomic E-state index is 0.0540. The molecular weight excluding hydrogens is 428 g/mol. The Hall–Kier alpha value is -0.400. The molecule has 1 saturated carbocycles. The fraction of sp³-hybridized carbons (Fsp3) is 1.00. The SMILES string of the molecule is CCCCCCCCCCCO[C@@H]1[C@@H](N)[C@@H](O[C@H]2[C@H](O)[C@@H](O)[C@H](N)C[C@@H]2N)O[C@H](CN)[C@H]1O. The Labute approximate surface area is 198 Å².